The summed E-state index contributed by atoms with van der Waals surface area (Å²) in [5.41, 5.74) is 2.15. The van der Waals surface area contributed by atoms with Crippen molar-refractivity contribution in [3.8, 4) is 0 Å². The molecule has 0 unspecified atom stereocenters. The van der Waals surface area contributed by atoms with Gasteiger partial charge in [-0.15, -0.1) is 0 Å². The molecule has 38 heavy (non-hydrogen) atoms. The van der Waals surface area contributed by atoms with Gasteiger partial charge < -0.3 is 20.3 Å². The van der Waals surface area contributed by atoms with Crippen molar-refractivity contribution >= 4 is 29.4 Å². The molecule has 2 N–H and O–H groups in total. The van der Waals surface area contributed by atoms with Crippen molar-refractivity contribution < 1.29 is 23.9 Å². The van der Waals surface area contributed by atoms with Gasteiger partial charge in [0.2, 0.25) is 17.7 Å². The normalized spacial score (nSPS) is 18.5. The van der Waals surface area contributed by atoms with Crippen molar-refractivity contribution in [1.82, 2.24) is 20.0 Å². The third-order valence-corrected chi connectivity index (χ3v) is 6.78. The molecule has 2 aliphatic rings. The van der Waals surface area contributed by atoms with Crippen molar-refractivity contribution in [2.45, 2.75) is 25.9 Å². The molecule has 202 valence electrons. The SMILES string of the molecule is CCOC(=O)c1ccc(NC(=O)C[C@@H]2C(=O)NCCN2C(=O)CN2CCN(Cc3ccccc3)CC2)cc1. The van der Waals surface area contributed by atoms with Crippen LogP contribution >= 0.6 is 0 Å². The zero-order valence-corrected chi connectivity index (χ0v) is 21.7. The molecule has 0 aromatic heterocycles. The van der Waals surface area contributed by atoms with E-state index in [2.05, 4.69) is 32.6 Å². The Morgan fingerprint density at radius 3 is 2.32 bits per heavy atom. The molecule has 0 bridgehead atoms. The van der Waals surface area contributed by atoms with Gasteiger partial charge in [-0.2, -0.15) is 0 Å². The Labute approximate surface area is 222 Å². The molecule has 4 rings (SSSR count). The minimum atomic E-state index is -0.866. The number of piperazine rings is 2. The number of amides is 3. The minimum Gasteiger partial charge on any atom is -0.462 e. The lowest BCUT2D eigenvalue weighted by Gasteiger charge is -2.38. The molecule has 2 heterocycles. The van der Waals surface area contributed by atoms with E-state index in [0.717, 1.165) is 32.7 Å². The molecule has 3 amide bonds. The summed E-state index contributed by atoms with van der Waals surface area (Å²) >= 11 is 0. The van der Waals surface area contributed by atoms with E-state index in [1.54, 1.807) is 31.2 Å². The van der Waals surface area contributed by atoms with Crippen LogP contribution in [0.25, 0.3) is 0 Å². The van der Waals surface area contributed by atoms with Crippen molar-refractivity contribution in [2.75, 3.05) is 57.7 Å². The summed E-state index contributed by atoms with van der Waals surface area (Å²) in [5, 5.41) is 5.51. The number of rotatable bonds is 9. The fourth-order valence-corrected chi connectivity index (χ4v) is 4.74. The molecular formula is C28H35N5O5. The molecule has 0 aliphatic carbocycles. The average molecular weight is 522 g/mol. The standard InChI is InChI=1S/C28H35N5O5/c1-2-38-28(37)22-8-10-23(11-9-22)30-25(34)18-24-27(36)29-12-13-33(24)26(35)20-32-16-14-31(15-17-32)19-21-6-4-3-5-7-21/h3-11,24H,2,12-20H2,1H3,(H,29,36)(H,30,34)/t24-/m1/s1. The molecular weight excluding hydrogens is 486 g/mol. The molecule has 2 aromatic rings. The molecule has 0 saturated carbocycles. The van der Waals surface area contributed by atoms with E-state index in [0.29, 0.717) is 24.3 Å². The van der Waals surface area contributed by atoms with Gasteiger partial charge >= 0.3 is 5.97 Å². The maximum atomic E-state index is 13.2. The van der Waals surface area contributed by atoms with E-state index in [9.17, 15) is 19.2 Å². The highest BCUT2D eigenvalue weighted by molar-refractivity contribution is 5.98. The molecule has 2 aliphatic heterocycles. The molecule has 2 fully saturated rings. The Kier molecular flexibility index (Phi) is 9.45. The molecule has 2 saturated heterocycles. The van der Waals surface area contributed by atoms with Crippen LogP contribution in [0, 0.1) is 0 Å². The predicted octanol–water partition coefficient (Wildman–Crippen LogP) is 1.34. The van der Waals surface area contributed by atoms with Crippen LogP contribution in [0.15, 0.2) is 54.6 Å². The molecule has 0 radical (unpaired) electrons. The third-order valence-electron chi connectivity index (χ3n) is 6.78. The fraction of sp³-hybridized carbons (Fsp3) is 0.429. The van der Waals surface area contributed by atoms with E-state index in [4.69, 9.17) is 4.74 Å². The van der Waals surface area contributed by atoms with Crippen LogP contribution in [0.1, 0.15) is 29.3 Å². The van der Waals surface area contributed by atoms with Crippen molar-refractivity contribution in [1.29, 1.82) is 0 Å². The molecule has 10 nitrogen and oxygen atoms in total. The number of esters is 1. The second kappa shape index (κ2) is 13.2. The summed E-state index contributed by atoms with van der Waals surface area (Å²) < 4.78 is 4.97. The highest BCUT2D eigenvalue weighted by Crippen LogP contribution is 2.15. The maximum Gasteiger partial charge on any atom is 0.338 e. The van der Waals surface area contributed by atoms with Crippen LogP contribution < -0.4 is 10.6 Å². The summed E-state index contributed by atoms with van der Waals surface area (Å²) in [6, 6.07) is 15.8. The number of hydrogen-bond acceptors (Lipinski definition) is 7. The number of nitrogens with zero attached hydrogens (tertiary/aromatic N) is 3. The first-order chi connectivity index (χ1) is 18.4. The fourth-order valence-electron chi connectivity index (χ4n) is 4.74. The quantitative estimate of drug-likeness (QED) is 0.479. The summed E-state index contributed by atoms with van der Waals surface area (Å²) in [4.78, 5) is 56.4. The largest absolute Gasteiger partial charge is 0.462 e. The number of benzene rings is 2. The van der Waals surface area contributed by atoms with Crippen LogP contribution in [0.4, 0.5) is 5.69 Å². The maximum absolute atomic E-state index is 13.2. The second-order valence-electron chi connectivity index (χ2n) is 9.48. The zero-order chi connectivity index (χ0) is 26.9. The van der Waals surface area contributed by atoms with Gasteiger partial charge in [0.15, 0.2) is 0 Å². The van der Waals surface area contributed by atoms with Crippen LogP contribution in [-0.4, -0.2) is 96.9 Å². The van der Waals surface area contributed by atoms with Gasteiger partial charge in [0.1, 0.15) is 6.04 Å². The Morgan fingerprint density at radius 2 is 1.63 bits per heavy atom. The summed E-state index contributed by atoms with van der Waals surface area (Å²) in [5.74, 6) is -1.29. The minimum absolute atomic E-state index is 0.145. The van der Waals surface area contributed by atoms with E-state index < -0.39 is 12.0 Å². The van der Waals surface area contributed by atoms with Gasteiger partial charge in [-0.1, -0.05) is 30.3 Å². The van der Waals surface area contributed by atoms with E-state index in [-0.39, 0.29) is 37.3 Å². The second-order valence-corrected chi connectivity index (χ2v) is 9.48. The van der Waals surface area contributed by atoms with Crippen LogP contribution in [0.2, 0.25) is 0 Å². The zero-order valence-electron chi connectivity index (χ0n) is 21.7. The van der Waals surface area contributed by atoms with Gasteiger partial charge in [-0.05, 0) is 36.8 Å². The van der Waals surface area contributed by atoms with Gasteiger partial charge in [0, 0.05) is 51.5 Å². The van der Waals surface area contributed by atoms with Crippen LogP contribution in [0.5, 0.6) is 0 Å². The number of nitrogens with one attached hydrogen (secondary N) is 2. The lowest BCUT2D eigenvalue weighted by Crippen LogP contribution is -2.60. The Bertz CT molecular complexity index is 1120. The van der Waals surface area contributed by atoms with E-state index in [1.807, 2.05) is 18.2 Å². The Hall–Kier alpha value is -3.76. The van der Waals surface area contributed by atoms with Gasteiger partial charge in [0.25, 0.3) is 0 Å². The molecule has 10 heteroatoms. The molecule has 1 atom stereocenters. The van der Waals surface area contributed by atoms with Crippen LogP contribution in [-0.2, 0) is 25.7 Å². The van der Waals surface area contributed by atoms with Crippen LogP contribution in [0.3, 0.4) is 0 Å². The number of carbonyl (C=O) groups is 4. The lowest BCUT2D eigenvalue weighted by molar-refractivity contribution is -0.145. The summed E-state index contributed by atoms with van der Waals surface area (Å²) in [6.07, 6.45) is -0.151. The highest BCUT2D eigenvalue weighted by atomic mass is 16.5. The Morgan fingerprint density at radius 1 is 0.947 bits per heavy atom. The number of hydrogen-bond donors (Lipinski definition) is 2. The molecule has 0 spiro atoms. The van der Waals surface area contributed by atoms with Crippen molar-refractivity contribution in [3.63, 3.8) is 0 Å². The lowest BCUT2D eigenvalue weighted by atomic mass is 10.1. The average Bonchev–Trinajstić information content (AvgIpc) is 2.92. The third kappa shape index (κ3) is 7.39. The first-order valence-electron chi connectivity index (χ1n) is 13.1. The van der Waals surface area contributed by atoms with E-state index >= 15 is 0 Å². The predicted molar refractivity (Wildman–Crippen MR) is 142 cm³/mol. The smallest absolute Gasteiger partial charge is 0.338 e. The number of anilines is 1. The summed E-state index contributed by atoms with van der Waals surface area (Å²) in [6.45, 7) is 7.12. The summed E-state index contributed by atoms with van der Waals surface area (Å²) in [7, 11) is 0. The number of carbonyl (C=O) groups excluding carboxylic acids is 4. The first kappa shape index (κ1) is 27.3. The van der Waals surface area contributed by atoms with Crippen molar-refractivity contribution in [2.24, 2.45) is 0 Å². The van der Waals surface area contributed by atoms with E-state index in [1.165, 1.54) is 10.5 Å². The topological polar surface area (TPSA) is 111 Å². The highest BCUT2D eigenvalue weighted by Gasteiger charge is 2.35. The van der Waals surface area contributed by atoms with Crippen molar-refractivity contribution in [3.05, 3.63) is 65.7 Å². The van der Waals surface area contributed by atoms with Gasteiger partial charge in [0.05, 0.1) is 25.1 Å². The molecule has 2 aromatic carbocycles. The number of ether oxygens (including phenoxy) is 1. The monoisotopic (exact) mass is 521 g/mol. The Balaban J connectivity index is 1.28. The van der Waals surface area contributed by atoms with Gasteiger partial charge in [-0.25, -0.2) is 4.79 Å². The first-order valence-corrected chi connectivity index (χ1v) is 13.1. The van der Waals surface area contributed by atoms with Gasteiger partial charge in [-0.3, -0.25) is 24.2 Å².